The van der Waals surface area contributed by atoms with Gasteiger partial charge in [-0.3, -0.25) is 4.98 Å². The molecule has 0 aliphatic heterocycles. The molecule has 0 amide bonds. The molecule has 19 heavy (non-hydrogen) atoms. The highest BCUT2D eigenvalue weighted by Gasteiger charge is 2.14. The number of carbonyl (C=O) groups is 1. The zero-order valence-corrected chi connectivity index (χ0v) is 12.2. The maximum atomic E-state index is 11.1. The highest BCUT2D eigenvalue weighted by Crippen LogP contribution is 2.33. The first-order chi connectivity index (χ1) is 8.97. The third kappa shape index (κ3) is 3.24. The average Bonchev–Trinajstić information content (AvgIpc) is 2.32. The van der Waals surface area contributed by atoms with Crippen LogP contribution in [0.4, 0.5) is 0 Å². The predicted octanol–water partition coefficient (Wildman–Crippen LogP) is 4.30. The van der Waals surface area contributed by atoms with Gasteiger partial charge in [-0.15, -0.1) is 0 Å². The molecule has 98 valence electrons. The zero-order chi connectivity index (χ0) is 14.0. The smallest absolute Gasteiger partial charge is 0.341 e. The Balaban J connectivity index is 2.42. The number of aryl methyl sites for hydroxylation is 1. The van der Waals surface area contributed by atoms with Crippen molar-refractivity contribution in [3.05, 3.63) is 51.2 Å². The molecule has 4 nitrogen and oxygen atoms in total. The average molecular weight is 343 g/mol. The lowest BCUT2D eigenvalue weighted by atomic mass is 10.2. The second-order valence-corrected chi connectivity index (χ2v) is 5.09. The van der Waals surface area contributed by atoms with Crippen molar-refractivity contribution in [2.75, 3.05) is 0 Å². The molecule has 0 spiro atoms. The van der Waals surface area contributed by atoms with Crippen molar-refractivity contribution < 1.29 is 14.6 Å². The molecule has 6 heteroatoms. The fraction of sp³-hybridized carbons (Fsp3) is 0.0769. The van der Waals surface area contributed by atoms with Crippen molar-refractivity contribution >= 4 is 33.5 Å². The molecule has 0 saturated heterocycles. The number of pyridine rings is 1. The van der Waals surface area contributed by atoms with E-state index >= 15 is 0 Å². The molecule has 1 aromatic heterocycles. The fourth-order valence-corrected chi connectivity index (χ4v) is 2.22. The van der Waals surface area contributed by atoms with Gasteiger partial charge in [0.15, 0.2) is 0 Å². The number of carboxylic acid groups (broad SMARTS) is 1. The molecule has 0 radical (unpaired) electrons. The van der Waals surface area contributed by atoms with Crippen molar-refractivity contribution in [1.29, 1.82) is 0 Å². The Labute approximate surface area is 123 Å². The molecular weight excluding hydrogens is 334 g/mol. The van der Waals surface area contributed by atoms with Gasteiger partial charge in [-0.25, -0.2) is 4.79 Å². The van der Waals surface area contributed by atoms with E-state index in [-0.39, 0.29) is 11.3 Å². The first kappa shape index (κ1) is 13.8. The maximum absolute atomic E-state index is 11.1. The molecular formula is C13H9BrClNO3. The van der Waals surface area contributed by atoms with Crippen LogP contribution in [0.25, 0.3) is 0 Å². The van der Waals surface area contributed by atoms with Crippen LogP contribution in [0.5, 0.6) is 11.5 Å². The third-order valence-corrected chi connectivity index (χ3v) is 3.20. The van der Waals surface area contributed by atoms with Gasteiger partial charge in [0.2, 0.25) is 0 Å². The minimum absolute atomic E-state index is 0.00690. The van der Waals surface area contributed by atoms with E-state index in [0.717, 1.165) is 0 Å². The van der Waals surface area contributed by atoms with E-state index < -0.39 is 5.97 Å². The maximum Gasteiger partial charge on any atom is 0.341 e. The van der Waals surface area contributed by atoms with E-state index in [9.17, 15) is 4.79 Å². The minimum atomic E-state index is -1.09. The van der Waals surface area contributed by atoms with Gasteiger partial charge < -0.3 is 9.84 Å². The van der Waals surface area contributed by atoms with Crippen molar-refractivity contribution in [1.82, 2.24) is 4.98 Å². The van der Waals surface area contributed by atoms with E-state index in [2.05, 4.69) is 20.9 Å². The molecule has 1 aromatic carbocycles. The zero-order valence-electron chi connectivity index (χ0n) is 9.85. The van der Waals surface area contributed by atoms with Crippen LogP contribution in [0.15, 0.2) is 34.9 Å². The molecule has 0 aliphatic rings. The monoisotopic (exact) mass is 341 g/mol. The summed E-state index contributed by atoms with van der Waals surface area (Å²) in [5, 5.41) is 9.65. The number of aromatic nitrogens is 1. The van der Waals surface area contributed by atoms with Crippen LogP contribution in [0.3, 0.4) is 0 Å². The van der Waals surface area contributed by atoms with Crippen LogP contribution in [0.2, 0.25) is 5.02 Å². The summed E-state index contributed by atoms with van der Waals surface area (Å²) in [6, 6.07) is 6.57. The number of ether oxygens (including phenoxy) is 1. The molecule has 0 fully saturated rings. The highest BCUT2D eigenvalue weighted by molar-refractivity contribution is 9.10. The summed E-state index contributed by atoms with van der Waals surface area (Å²) in [6.45, 7) is 1.76. The molecule has 0 bridgehead atoms. The standard InChI is InChI=1S/C13H9BrClNO3/c1-7-4-12(9(6-16-7)13(17)18)19-11-3-2-8(15)5-10(11)14/h2-6H,1H3,(H,17,18). The fourth-order valence-electron chi connectivity index (χ4n) is 1.46. The van der Waals surface area contributed by atoms with Crippen LogP contribution in [0, 0.1) is 6.92 Å². The normalized spacial score (nSPS) is 10.3. The number of rotatable bonds is 3. The Morgan fingerprint density at radius 2 is 2.11 bits per heavy atom. The van der Waals surface area contributed by atoms with Gasteiger partial charge in [0, 0.05) is 23.0 Å². The van der Waals surface area contributed by atoms with Crippen molar-refractivity contribution in [2.45, 2.75) is 6.92 Å². The van der Waals surface area contributed by atoms with Gasteiger partial charge in [0.1, 0.15) is 17.1 Å². The SMILES string of the molecule is Cc1cc(Oc2ccc(Cl)cc2Br)c(C(=O)O)cn1. The lowest BCUT2D eigenvalue weighted by Crippen LogP contribution is -2.02. The van der Waals surface area contributed by atoms with Gasteiger partial charge in [0.05, 0.1) is 4.47 Å². The van der Waals surface area contributed by atoms with Crippen molar-refractivity contribution in [3.63, 3.8) is 0 Å². The topological polar surface area (TPSA) is 59.4 Å². The van der Waals surface area contributed by atoms with Gasteiger partial charge in [0.25, 0.3) is 0 Å². The van der Waals surface area contributed by atoms with Crippen LogP contribution >= 0.6 is 27.5 Å². The Bertz CT molecular complexity index is 646. The summed E-state index contributed by atoms with van der Waals surface area (Å²) in [4.78, 5) is 15.1. The second-order valence-electron chi connectivity index (χ2n) is 3.80. The number of carboxylic acids is 1. The van der Waals surface area contributed by atoms with Crippen LogP contribution in [-0.4, -0.2) is 16.1 Å². The summed E-state index contributed by atoms with van der Waals surface area (Å²) in [5.74, 6) is -0.367. The molecule has 2 aromatic rings. The molecule has 0 atom stereocenters. The van der Waals surface area contributed by atoms with Gasteiger partial charge in [-0.05, 0) is 41.1 Å². The van der Waals surface area contributed by atoms with E-state index in [1.165, 1.54) is 6.20 Å². The Morgan fingerprint density at radius 3 is 2.74 bits per heavy atom. The first-order valence-electron chi connectivity index (χ1n) is 5.30. The number of hydrogen-bond acceptors (Lipinski definition) is 3. The quantitative estimate of drug-likeness (QED) is 0.903. The summed E-state index contributed by atoms with van der Waals surface area (Å²) in [6.07, 6.45) is 1.27. The highest BCUT2D eigenvalue weighted by atomic mass is 79.9. The third-order valence-electron chi connectivity index (χ3n) is 2.35. The number of aromatic carboxylic acids is 1. The predicted molar refractivity (Wildman–Crippen MR) is 75.2 cm³/mol. The molecule has 0 aliphatic carbocycles. The van der Waals surface area contributed by atoms with Crippen LogP contribution < -0.4 is 4.74 Å². The Hall–Kier alpha value is -1.59. The van der Waals surface area contributed by atoms with Gasteiger partial charge in [-0.2, -0.15) is 0 Å². The Kier molecular flexibility index (Phi) is 4.07. The first-order valence-corrected chi connectivity index (χ1v) is 6.47. The van der Waals surface area contributed by atoms with E-state index in [1.807, 2.05) is 0 Å². The molecule has 0 unspecified atom stereocenters. The second kappa shape index (κ2) is 5.59. The van der Waals surface area contributed by atoms with Crippen molar-refractivity contribution in [2.24, 2.45) is 0 Å². The molecule has 1 heterocycles. The number of hydrogen-bond donors (Lipinski definition) is 1. The number of nitrogens with zero attached hydrogens (tertiary/aromatic N) is 1. The Morgan fingerprint density at radius 1 is 1.37 bits per heavy atom. The van der Waals surface area contributed by atoms with Crippen LogP contribution in [0.1, 0.15) is 16.1 Å². The van der Waals surface area contributed by atoms with Crippen molar-refractivity contribution in [3.8, 4) is 11.5 Å². The molecule has 1 N–H and O–H groups in total. The van der Waals surface area contributed by atoms with Crippen LogP contribution in [-0.2, 0) is 0 Å². The lowest BCUT2D eigenvalue weighted by molar-refractivity contribution is 0.0693. The summed E-state index contributed by atoms with van der Waals surface area (Å²) < 4.78 is 6.26. The van der Waals surface area contributed by atoms with Gasteiger partial charge in [-0.1, -0.05) is 11.6 Å². The minimum Gasteiger partial charge on any atom is -0.477 e. The van der Waals surface area contributed by atoms with E-state index in [0.29, 0.717) is 20.9 Å². The largest absolute Gasteiger partial charge is 0.477 e. The number of halogens is 2. The lowest BCUT2D eigenvalue weighted by Gasteiger charge is -2.10. The van der Waals surface area contributed by atoms with E-state index in [4.69, 9.17) is 21.4 Å². The summed E-state index contributed by atoms with van der Waals surface area (Å²) in [5.41, 5.74) is 0.678. The molecule has 2 rings (SSSR count). The summed E-state index contributed by atoms with van der Waals surface area (Å²) >= 11 is 9.15. The van der Waals surface area contributed by atoms with Gasteiger partial charge >= 0.3 is 5.97 Å². The summed E-state index contributed by atoms with van der Waals surface area (Å²) in [7, 11) is 0. The molecule has 0 saturated carbocycles. The number of benzene rings is 1. The van der Waals surface area contributed by atoms with E-state index in [1.54, 1.807) is 31.2 Å².